The van der Waals surface area contributed by atoms with Crippen LogP contribution < -0.4 is 9.64 Å². The van der Waals surface area contributed by atoms with E-state index >= 15 is 0 Å². The van der Waals surface area contributed by atoms with Crippen LogP contribution in [-0.4, -0.2) is 40.6 Å². The topological polar surface area (TPSA) is 154 Å². The number of carbonyl (C=O) groups excluding carboxylic acids is 2. The maximum atomic E-state index is 13.1. The van der Waals surface area contributed by atoms with E-state index in [1.807, 2.05) is 0 Å². The van der Waals surface area contributed by atoms with Crippen LogP contribution in [0.15, 0.2) is 47.6 Å². The summed E-state index contributed by atoms with van der Waals surface area (Å²) in [5.74, 6) is -2.44. The van der Waals surface area contributed by atoms with Crippen molar-refractivity contribution in [1.29, 1.82) is 0 Å². The molecule has 4 rings (SSSR count). The molecule has 2 aromatic rings. The number of nitro groups is 2. The average Bonchev–Trinajstić information content (AvgIpc) is 3.27. The zero-order valence-corrected chi connectivity index (χ0v) is 15.3. The lowest BCUT2D eigenvalue weighted by Crippen LogP contribution is -2.33. The number of ether oxygens (including phenoxy) is 1. The van der Waals surface area contributed by atoms with E-state index in [9.17, 15) is 29.8 Å². The number of rotatable bonds is 5. The number of anilines is 1. The number of imide groups is 1. The Hall–Kier alpha value is -4.35. The van der Waals surface area contributed by atoms with Crippen LogP contribution >= 0.6 is 0 Å². The number of fused-ring (bicyclic) bond motifs is 1. The Kier molecular flexibility index (Phi) is 4.38. The number of nitrogens with zero attached hydrogens (tertiary/aromatic N) is 4. The van der Waals surface area contributed by atoms with Gasteiger partial charge in [-0.2, -0.15) is 0 Å². The van der Waals surface area contributed by atoms with Crippen molar-refractivity contribution in [1.82, 2.24) is 0 Å². The molecule has 0 aliphatic carbocycles. The smallest absolute Gasteiger partial charge is 0.279 e. The molecule has 0 N–H and O–H groups in total. The minimum atomic E-state index is -1.24. The van der Waals surface area contributed by atoms with Gasteiger partial charge in [-0.1, -0.05) is 5.16 Å². The number of oxime groups is 1. The molecule has 0 unspecified atom stereocenters. The summed E-state index contributed by atoms with van der Waals surface area (Å²) in [6.45, 7) is 0. The first-order chi connectivity index (χ1) is 14.3. The van der Waals surface area contributed by atoms with E-state index in [1.165, 1.54) is 43.5 Å². The maximum Gasteiger partial charge on any atom is 0.279 e. The molecule has 0 aromatic heterocycles. The van der Waals surface area contributed by atoms with Crippen LogP contribution in [-0.2, 0) is 14.4 Å². The van der Waals surface area contributed by atoms with Crippen molar-refractivity contribution >= 4 is 34.6 Å². The van der Waals surface area contributed by atoms with Crippen molar-refractivity contribution in [3.8, 4) is 5.75 Å². The normalized spacial score (nSPS) is 19.9. The van der Waals surface area contributed by atoms with E-state index < -0.39 is 33.7 Å². The van der Waals surface area contributed by atoms with Gasteiger partial charge in [0.15, 0.2) is 0 Å². The highest BCUT2D eigenvalue weighted by molar-refractivity contribution is 6.32. The second-order valence-electron chi connectivity index (χ2n) is 6.41. The molecule has 0 bridgehead atoms. The summed E-state index contributed by atoms with van der Waals surface area (Å²) in [6, 6.07) is 8.83. The Morgan fingerprint density at radius 3 is 2.23 bits per heavy atom. The number of carbonyl (C=O) groups is 2. The van der Waals surface area contributed by atoms with Gasteiger partial charge in [0.1, 0.15) is 23.1 Å². The summed E-state index contributed by atoms with van der Waals surface area (Å²) in [5, 5.41) is 25.8. The third-order valence-electron chi connectivity index (χ3n) is 4.80. The standard InChI is InChI=1S/C18H12N4O8/c1-29-13-7-6-11(22(27)28)8-12(13)20-17(23)14-15(19-30-16(14)18(20)24)9-2-4-10(5-3-9)21(25)26/h2-8,14,16H,1H3/t14-,16+/m0/s1. The van der Waals surface area contributed by atoms with Crippen molar-refractivity contribution in [2.24, 2.45) is 11.1 Å². The molecule has 2 aliphatic heterocycles. The van der Waals surface area contributed by atoms with Crippen LogP contribution in [0.25, 0.3) is 0 Å². The minimum absolute atomic E-state index is 0.0808. The van der Waals surface area contributed by atoms with Crippen LogP contribution in [0.1, 0.15) is 5.56 Å². The summed E-state index contributed by atoms with van der Waals surface area (Å²) in [5.41, 5.74) is -0.0368. The first-order valence-corrected chi connectivity index (χ1v) is 8.52. The first kappa shape index (κ1) is 19.0. The highest BCUT2D eigenvalue weighted by Gasteiger charge is 2.56. The van der Waals surface area contributed by atoms with Gasteiger partial charge in [-0.25, -0.2) is 4.90 Å². The lowest BCUT2D eigenvalue weighted by atomic mass is 9.94. The van der Waals surface area contributed by atoms with Gasteiger partial charge < -0.3 is 9.57 Å². The molecule has 2 atom stereocenters. The van der Waals surface area contributed by atoms with E-state index in [1.54, 1.807) is 0 Å². The Morgan fingerprint density at radius 2 is 1.63 bits per heavy atom. The van der Waals surface area contributed by atoms with E-state index in [-0.39, 0.29) is 28.5 Å². The van der Waals surface area contributed by atoms with E-state index in [0.29, 0.717) is 5.56 Å². The number of hydrogen-bond acceptors (Lipinski definition) is 9. The van der Waals surface area contributed by atoms with Crippen LogP contribution in [0.4, 0.5) is 17.1 Å². The van der Waals surface area contributed by atoms with Gasteiger partial charge in [-0.15, -0.1) is 0 Å². The Morgan fingerprint density at radius 1 is 1.00 bits per heavy atom. The van der Waals surface area contributed by atoms with Gasteiger partial charge in [0.05, 0.1) is 17.0 Å². The van der Waals surface area contributed by atoms with Crippen molar-refractivity contribution in [2.45, 2.75) is 6.10 Å². The molecule has 152 valence electrons. The summed E-state index contributed by atoms with van der Waals surface area (Å²) >= 11 is 0. The fourth-order valence-electron chi connectivity index (χ4n) is 3.37. The highest BCUT2D eigenvalue weighted by Crippen LogP contribution is 2.40. The number of hydrogen-bond donors (Lipinski definition) is 0. The largest absolute Gasteiger partial charge is 0.495 e. The number of non-ortho nitro benzene ring substituents is 2. The Bertz CT molecular complexity index is 1130. The van der Waals surface area contributed by atoms with Crippen molar-refractivity contribution < 1.29 is 29.0 Å². The fraction of sp³-hybridized carbons (Fsp3) is 0.167. The van der Waals surface area contributed by atoms with E-state index in [2.05, 4.69) is 5.16 Å². The molecule has 1 saturated heterocycles. The zero-order chi connectivity index (χ0) is 21.6. The van der Waals surface area contributed by atoms with Gasteiger partial charge >= 0.3 is 0 Å². The van der Waals surface area contributed by atoms with Crippen LogP contribution in [0.3, 0.4) is 0 Å². The highest BCUT2D eigenvalue weighted by atomic mass is 16.7. The second-order valence-corrected chi connectivity index (χ2v) is 6.41. The molecule has 0 spiro atoms. The number of nitro benzene ring substituents is 2. The quantitative estimate of drug-likeness (QED) is 0.409. The zero-order valence-electron chi connectivity index (χ0n) is 15.3. The van der Waals surface area contributed by atoms with Crippen LogP contribution in [0.2, 0.25) is 0 Å². The summed E-state index contributed by atoms with van der Waals surface area (Å²) in [7, 11) is 1.30. The number of amides is 2. The Balaban J connectivity index is 1.72. The molecule has 0 saturated carbocycles. The van der Waals surface area contributed by atoms with Gasteiger partial charge in [0.2, 0.25) is 12.0 Å². The van der Waals surface area contributed by atoms with Gasteiger partial charge in [-0.05, 0) is 18.2 Å². The molecule has 30 heavy (non-hydrogen) atoms. The van der Waals surface area contributed by atoms with Gasteiger partial charge in [0.25, 0.3) is 17.3 Å². The van der Waals surface area contributed by atoms with Gasteiger partial charge in [0, 0.05) is 29.8 Å². The molecule has 12 nitrogen and oxygen atoms in total. The summed E-state index contributed by atoms with van der Waals surface area (Å²) in [4.78, 5) is 52.7. The first-order valence-electron chi connectivity index (χ1n) is 8.52. The molecule has 12 heteroatoms. The molecule has 2 amide bonds. The SMILES string of the molecule is COc1ccc([N+](=O)[O-])cc1N1C(=O)[C@H]2C(c3ccc([N+](=O)[O-])cc3)=NO[C@H]2C1=O. The van der Waals surface area contributed by atoms with Crippen molar-refractivity contribution in [2.75, 3.05) is 12.0 Å². The van der Waals surface area contributed by atoms with Crippen LogP contribution in [0.5, 0.6) is 5.75 Å². The third-order valence-corrected chi connectivity index (χ3v) is 4.80. The molecule has 0 radical (unpaired) electrons. The lowest BCUT2D eigenvalue weighted by molar-refractivity contribution is -0.385. The van der Waals surface area contributed by atoms with Crippen molar-refractivity contribution in [3.05, 3.63) is 68.3 Å². The fourth-order valence-corrected chi connectivity index (χ4v) is 3.37. The molecular weight excluding hydrogens is 400 g/mol. The summed E-state index contributed by atoms with van der Waals surface area (Å²) in [6.07, 6.45) is -1.24. The molecule has 2 aliphatic rings. The van der Waals surface area contributed by atoms with Gasteiger partial charge in [-0.3, -0.25) is 29.8 Å². The number of benzene rings is 2. The predicted octanol–water partition coefficient (Wildman–Crippen LogP) is 1.80. The molecule has 2 aromatic carbocycles. The third kappa shape index (κ3) is 2.82. The summed E-state index contributed by atoms with van der Waals surface area (Å²) < 4.78 is 5.15. The van der Waals surface area contributed by atoms with E-state index in [0.717, 1.165) is 11.0 Å². The molecule has 1 fully saturated rings. The average molecular weight is 412 g/mol. The predicted molar refractivity (Wildman–Crippen MR) is 100 cm³/mol. The monoisotopic (exact) mass is 412 g/mol. The minimum Gasteiger partial charge on any atom is -0.495 e. The van der Waals surface area contributed by atoms with Crippen molar-refractivity contribution in [3.63, 3.8) is 0 Å². The number of methoxy groups -OCH3 is 1. The maximum absolute atomic E-state index is 13.1. The molecule has 2 heterocycles. The molecular formula is C18H12N4O8. The second kappa shape index (κ2) is 6.92. The van der Waals surface area contributed by atoms with Crippen LogP contribution in [0, 0.1) is 26.1 Å². The lowest BCUT2D eigenvalue weighted by Gasteiger charge is -2.18. The Labute approximate surface area is 167 Å². The van der Waals surface area contributed by atoms with E-state index in [4.69, 9.17) is 9.57 Å².